The van der Waals surface area contributed by atoms with Crippen LogP contribution in [-0.4, -0.2) is 46.1 Å². The van der Waals surface area contributed by atoms with Gasteiger partial charge in [0.2, 0.25) is 5.91 Å². The van der Waals surface area contributed by atoms with Crippen molar-refractivity contribution in [1.82, 2.24) is 9.88 Å². The second-order valence-electron chi connectivity index (χ2n) is 11.9. The van der Waals surface area contributed by atoms with E-state index in [9.17, 15) is 14.7 Å². The molecule has 1 aromatic heterocycles. The second-order valence-corrected chi connectivity index (χ2v) is 13.1. The third-order valence-electron chi connectivity index (χ3n) is 8.35. The number of nitrogens with zero attached hydrogens (tertiary/aromatic N) is 2. The minimum atomic E-state index is -0.533. The summed E-state index contributed by atoms with van der Waals surface area (Å²) in [6, 6.07) is 0. The van der Waals surface area contributed by atoms with Gasteiger partial charge in [-0.3, -0.25) is 9.59 Å². The molecule has 7 heteroatoms. The number of aliphatic hydroxyl groups excluding tert-OH is 1. The number of esters is 1. The van der Waals surface area contributed by atoms with E-state index in [1.807, 2.05) is 32.6 Å². The number of rotatable bonds is 4. The van der Waals surface area contributed by atoms with E-state index in [-0.39, 0.29) is 47.6 Å². The van der Waals surface area contributed by atoms with Crippen molar-refractivity contribution in [2.75, 3.05) is 13.1 Å². The maximum absolute atomic E-state index is 13.1. The standard InChI is InChI=1S/C26H40N2O4S/c1-15(23(30)28-11-7-8-12-28)17-9-10-26(6)13-18-21(16(2)20(26)22(17)29)27-19(33-18)14-32-24(31)25(3,4)5/h15-17,20,22,29H,7-14H2,1-6H3/t15-,16+,17+,20+,22-,26+/m0/s1. The molecule has 0 aromatic carbocycles. The normalized spacial score (nSPS) is 32.8. The van der Waals surface area contributed by atoms with E-state index in [1.54, 1.807) is 11.3 Å². The highest BCUT2D eigenvalue weighted by Crippen LogP contribution is 2.57. The van der Waals surface area contributed by atoms with Crippen molar-refractivity contribution in [2.45, 2.75) is 92.3 Å². The lowest BCUT2D eigenvalue weighted by Crippen LogP contribution is -2.53. The summed E-state index contributed by atoms with van der Waals surface area (Å²) in [6.07, 6.45) is 4.43. The number of ether oxygens (including phenoxy) is 1. The Bertz CT molecular complexity index is 901. The number of amides is 1. The van der Waals surface area contributed by atoms with Crippen LogP contribution in [0.2, 0.25) is 0 Å². The molecule has 0 radical (unpaired) electrons. The Hall–Kier alpha value is -1.47. The summed E-state index contributed by atoms with van der Waals surface area (Å²) < 4.78 is 5.51. The fourth-order valence-corrected chi connectivity index (χ4v) is 7.70. The monoisotopic (exact) mass is 476 g/mol. The Balaban J connectivity index is 1.51. The lowest BCUT2D eigenvalue weighted by atomic mass is 9.53. The third kappa shape index (κ3) is 4.60. The molecule has 0 bridgehead atoms. The smallest absolute Gasteiger partial charge is 0.311 e. The zero-order valence-electron chi connectivity index (χ0n) is 21.0. The number of carbonyl (C=O) groups excluding carboxylic acids is 2. The molecule has 0 spiro atoms. The van der Waals surface area contributed by atoms with Crippen molar-refractivity contribution in [3.63, 3.8) is 0 Å². The largest absolute Gasteiger partial charge is 0.458 e. The molecule has 1 aromatic rings. The summed E-state index contributed by atoms with van der Waals surface area (Å²) in [5.74, 6) is 0.00358. The van der Waals surface area contributed by atoms with Gasteiger partial charge >= 0.3 is 5.97 Å². The molecule has 1 aliphatic heterocycles. The summed E-state index contributed by atoms with van der Waals surface area (Å²) >= 11 is 1.65. The van der Waals surface area contributed by atoms with E-state index < -0.39 is 11.5 Å². The second kappa shape index (κ2) is 8.95. The topological polar surface area (TPSA) is 79.7 Å². The summed E-state index contributed by atoms with van der Waals surface area (Å²) in [7, 11) is 0. The molecular formula is C26H40N2O4S. The maximum atomic E-state index is 13.1. The molecule has 4 rings (SSSR count). The molecule has 3 aliphatic rings. The van der Waals surface area contributed by atoms with Gasteiger partial charge in [-0.05, 0) is 70.1 Å². The molecule has 2 fully saturated rings. The molecule has 2 heterocycles. The molecule has 6 nitrogen and oxygen atoms in total. The van der Waals surface area contributed by atoms with Crippen LogP contribution in [-0.2, 0) is 27.4 Å². The van der Waals surface area contributed by atoms with Crippen LogP contribution in [0.15, 0.2) is 0 Å². The number of aliphatic hydroxyl groups is 1. The first-order chi connectivity index (χ1) is 15.4. The molecule has 6 atom stereocenters. The van der Waals surface area contributed by atoms with Gasteiger partial charge in [0.05, 0.1) is 17.2 Å². The predicted molar refractivity (Wildman–Crippen MR) is 129 cm³/mol. The van der Waals surface area contributed by atoms with Gasteiger partial charge in [0.1, 0.15) is 11.6 Å². The maximum Gasteiger partial charge on any atom is 0.311 e. The van der Waals surface area contributed by atoms with Crippen LogP contribution >= 0.6 is 11.3 Å². The van der Waals surface area contributed by atoms with Gasteiger partial charge < -0.3 is 14.7 Å². The predicted octanol–water partition coefficient (Wildman–Crippen LogP) is 4.54. The van der Waals surface area contributed by atoms with Crippen molar-refractivity contribution in [3.05, 3.63) is 15.6 Å². The van der Waals surface area contributed by atoms with Gasteiger partial charge in [-0.25, -0.2) is 4.98 Å². The first-order valence-electron chi connectivity index (χ1n) is 12.5. The summed E-state index contributed by atoms with van der Waals surface area (Å²) in [6.45, 7) is 13.9. The fraction of sp³-hybridized carbons (Fsp3) is 0.808. The van der Waals surface area contributed by atoms with Crippen LogP contribution in [0.25, 0.3) is 0 Å². The quantitative estimate of drug-likeness (QED) is 0.645. The molecule has 1 saturated carbocycles. The van der Waals surface area contributed by atoms with Gasteiger partial charge in [0, 0.05) is 29.8 Å². The van der Waals surface area contributed by atoms with Crippen molar-refractivity contribution in [2.24, 2.45) is 28.6 Å². The highest BCUT2D eigenvalue weighted by Gasteiger charge is 2.54. The zero-order chi connectivity index (χ0) is 24.1. The number of aromatic nitrogens is 1. The molecule has 1 N–H and O–H groups in total. The number of likely N-dealkylation sites (tertiary alicyclic amines) is 1. The fourth-order valence-electron chi connectivity index (χ4n) is 6.41. The van der Waals surface area contributed by atoms with Crippen LogP contribution < -0.4 is 0 Å². The van der Waals surface area contributed by atoms with Crippen molar-refractivity contribution in [3.8, 4) is 0 Å². The number of hydrogen-bond acceptors (Lipinski definition) is 6. The molecule has 1 saturated heterocycles. The molecule has 2 aliphatic carbocycles. The molecule has 33 heavy (non-hydrogen) atoms. The number of hydrogen-bond donors (Lipinski definition) is 1. The summed E-state index contributed by atoms with van der Waals surface area (Å²) in [5.41, 5.74) is 0.502. The Morgan fingerprint density at radius 2 is 1.97 bits per heavy atom. The summed E-state index contributed by atoms with van der Waals surface area (Å²) in [5, 5.41) is 12.4. The van der Waals surface area contributed by atoms with Gasteiger partial charge in [0.15, 0.2) is 0 Å². The van der Waals surface area contributed by atoms with Gasteiger partial charge in [-0.2, -0.15) is 0 Å². The average molecular weight is 477 g/mol. The summed E-state index contributed by atoms with van der Waals surface area (Å²) in [4.78, 5) is 33.4. The number of thiazole rings is 1. The van der Waals surface area contributed by atoms with E-state index in [4.69, 9.17) is 9.72 Å². The molecule has 0 unspecified atom stereocenters. The lowest BCUT2D eigenvalue weighted by Gasteiger charge is -2.53. The van der Waals surface area contributed by atoms with E-state index >= 15 is 0 Å². The van der Waals surface area contributed by atoms with E-state index in [0.717, 1.165) is 55.9 Å². The zero-order valence-corrected chi connectivity index (χ0v) is 21.8. The van der Waals surface area contributed by atoms with Crippen molar-refractivity contribution < 1.29 is 19.4 Å². The SMILES string of the molecule is C[C@H](C(=O)N1CCCC1)[C@H]1CC[C@]2(C)Cc3sc(COC(=O)C(C)(C)C)nc3[C@H](C)[C@@H]2[C@H]1O. The minimum absolute atomic E-state index is 0.00831. The third-order valence-corrected chi connectivity index (χ3v) is 9.40. The number of carbonyl (C=O) groups is 2. The Morgan fingerprint density at radius 1 is 1.30 bits per heavy atom. The Labute approximate surface area is 202 Å². The van der Waals surface area contributed by atoms with Gasteiger partial charge in [-0.15, -0.1) is 11.3 Å². The lowest BCUT2D eigenvalue weighted by molar-refractivity contribution is -0.154. The van der Waals surface area contributed by atoms with E-state index in [2.05, 4.69) is 13.8 Å². The van der Waals surface area contributed by atoms with Crippen LogP contribution in [0.4, 0.5) is 0 Å². The van der Waals surface area contributed by atoms with Crippen molar-refractivity contribution >= 4 is 23.2 Å². The highest BCUT2D eigenvalue weighted by atomic mass is 32.1. The van der Waals surface area contributed by atoms with Crippen molar-refractivity contribution in [1.29, 1.82) is 0 Å². The first kappa shape index (κ1) is 24.6. The molecule has 184 valence electrons. The van der Waals surface area contributed by atoms with E-state index in [1.165, 1.54) is 4.88 Å². The van der Waals surface area contributed by atoms with E-state index in [0.29, 0.717) is 0 Å². The Kier molecular flexibility index (Phi) is 6.69. The first-order valence-corrected chi connectivity index (χ1v) is 13.4. The Morgan fingerprint density at radius 3 is 2.61 bits per heavy atom. The molecule has 1 amide bonds. The van der Waals surface area contributed by atoms with Crippen LogP contribution in [0.1, 0.15) is 88.7 Å². The molecular weight excluding hydrogens is 436 g/mol. The van der Waals surface area contributed by atoms with Crippen LogP contribution in [0.5, 0.6) is 0 Å². The average Bonchev–Trinajstić information content (AvgIpc) is 3.40. The highest BCUT2D eigenvalue weighted by molar-refractivity contribution is 7.11. The number of fused-ring (bicyclic) bond motifs is 2. The van der Waals surface area contributed by atoms with Crippen LogP contribution in [0, 0.1) is 28.6 Å². The minimum Gasteiger partial charge on any atom is -0.458 e. The van der Waals surface area contributed by atoms with Crippen LogP contribution in [0.3, 0.4) is 0 Å². The van der Waals surface area contributed by atoms with Gasteiger partial charge in [0.25, 0.3) is 0 Å². The van der Waals surface area contributed by atoms with Gasteiger partial charge in [-0.1, -0.05) is 20.8 Å².